The zero-order valence-corrected chi connectivity index (χ0v) is 24.1. The van der Waals surface area contributed by atoms with Crippen LogP contribution in [0.25, 0.3) is 5.69 Å². The van der Waals surface area contributed by atoms with Crippen molar-refractivity contribution in [1.29, 1.82) is 0 Å². The van der Waals surface area contributed by atoms with Crippen molar-refractivity contribution in [3.05, 3.63) is 104 Å². The number of nitrogens with zero attached hydrogens (tertiary/aromatic N) is 3. The standard InChI is InChI=1S/C29H29BrN4O6/c1-5-20(4)39-28-21(14-22(30)15-26(28)34(36)37)16-31-32-29(35)27-13-12-25(40-27)17-38-24-10-8-23(9-11-24)33-18(2)6-7-19(33)3/h6-16,20H,5,17H2,1-4H3,(H,32,35)/b31-16+/t20-/m1/s1. The van der Waals surface area contributed by atoms with E-state index in [4.69, 9.17) is 13.9 Å². The summed E-state index contributed by atoms with van der Waals surface area (Å²) < 4.78 is 19.8. The Labute approximate surface area is 239 Å². The van der Waals surface area contributed by atoms with Crippen molar-refractivity contribution in [2.45, 2.75) is 46.8 Å². The van der Waals surface area contributed by atoms with E-state index in [1.807, 2.05) is 38.1 Å². The summed E-state index contributed by atoms with van der Waals surface area (Å²) in [4.78, 5) is 23.6. The van der Waals surface area contributed by atoms with Crippen LogP contribution in [0.1, 0.15) is 53.5 Å². The molecule has 0 aliphatic carbocycles. The Bertz CT molecular complexity index is 1520. The van der Waals surface area contributed by atoms with Crippen LogP contribution in [0.15, 0.2) is 74.7 Å². The van der Waals surface area contributed by atoms with Crippen LogP contribution in [0.3, 0.4) is 0 Å². The lowest BCUT2D eigenvalue weighted by molar-refractivity contribution is -0.386. The average molecular weight is 609 g/mol. The summed E-state index contributed by atoms with van der Waals surface area (Å²) in [5.74, 6) is 0.655. The van der Waals surface area contributed by atoms with Crippen molar-refractivity contribution in [2.24, 2.45) is 5.10 Å². The van der Waals surface area contributed by atoms with Gasteiger partial charge in [-0.05, 0) is 81.8 Å². The number of furan rings is 1. The number of hydrogen-bond donors (Lipinski definition) is 1. The number of amides is 1. The second-order valence-electron chi connectivity index (χ2n) is 9.14. The van der Waals surface area contributed by atoms with Crippen molar-refractivity contribution in [1.82, 2.24) is 9.99 Å². The molecule has 208 valence electrons. The van der Waals surface area contributed by atoms with E-state index < -0.39 is 10.8 Å². The number of rotatable bonds is 11. The lowest BCUT2D eigenvalue weighted by atomic mass is 10.2. The smallest absolute Gasteiger partial charge is 0.312 e. The van der Waals surface area contributed by atoms with Gasteiger partial charge >= 0.3 is 11.6 Å². The Kier molecular flexibility index (Phi) is 9.05. The first-order chi connectivity index (χ1) is 19.2. The summed E-state index contributed by atoms with van der Waals surface area (Å²) in [6.45, 7) is 7.97. The second-order valence-corrected chi connectivity index (χ2v) is 10.1. The summed E-state index contributed by atoms with van der Waals surface area (Å²) in [5.41, 5.74) is 5.85. The minimum Gasteiger partial charge on any atom is -0.486 e. The fourth-order valence-corrected chi connectivity index (χ4v) is 4.42. The maximum atomic E-state index is 12.6. The predicted molar refractivity (Wildman–Crippen MR) is 155 cm³/mol. The highest BCUT2D eigenvalue weighted by molar-refractivity contribution is 9.10. The molecule has 0 saturated heterocycles. The molecule has 1 N–H and O–H groups in total. The highest BCUT2D eigenvalue weighted by Gasteiger charge is 2.22. The third-order valence-corrected chi connectivity index (χ3v) is 6.61. The van der Waals surface area contributed by atoms with Crippen molar-refractivity contribution in [2.75, 3.05) is 0 Å². The number of nitrogens with one attached hydrogen (secondary N) is 1. The van der Waals surface area contributed by atoms with Crippen LogP contribution in [0.5, 0.6) is 11.5 Å². The highest BCUT2D eigenvalue weighted by atomic mass is 79.9. The molecule has 0 aliphatic heterocycles. The van der Waals surface area contributed by atoms with Gasteiger partial charge in [0.15, 0.2) is 5.76 Å². The number of ether oxygens (including phenoxy) is 2. The van der Waals surface area contributed by atoms with E-state index in [1.54, 1.807) is 12.1 Å². The molecule has 10 nitrogen and oxygen atoms in total. The monoisotopic (exact) mass is 608 g/mol. The van der Waals surface area contributed by atoms with Crippen LogP contribution in [-0.4, -0.2) is 27.7 Å². The molecule has 0 spiro atoms. The number of carbonyl (C=O) groups is 1. The van der Waals surface area contributed by atoms with Gasteiger partial charge < -0.3 is 18.5 Å². The lowest BCUT2D eigenvalue weighted by Crippen LogP contribution is -2.17. The Morgan fingerprint density at radius 1 is 1.15 bits per heavy atom. The zero-order valence-electron chi connectivity index (χ0n) is 22.5. The molecule has 0 bridgehead atoms. The highest BCUT2D eigenvalue weighted by Crippen LogP contribution is 2.35. The van der Waals surface area contributed by atoms with E-state index in [0.29, 0.717) is 28.0 Å². The molecule has 0 aliphatic rings. The van der Waals surface area contributed by atoms with E-state index in [-0.39, 0.29) is 29.9 Å². The van der Waals surface area contributed by atoms with Crippen molar-refractivity contribution in [3.8, 4) is 17.2 Å². The van der Waals surface area contributed by atoms with Gasteiger partial charge in [0.1, 0.15) is 18.1 Å². The van der Waals surface area contributed by atoms with Crippen molar-refractivity contribution >= 4 is 33.7 Å². The fourth-order valence-electron chi connectivity index (χ4n) is 3.96. The lowest BCUT2D eigenvalue weighted by Gasteiger charge is -2.15. The van der Waals surface area contributed by atoms with E-state index in [0.717, 1.165) is 17.1 Å². The van der Waals surface area contributed by atoms with Gasteiger partial charge in [-0.2, -0.15) is 5.10 Å². The normalized spacial score (nSPS) is 11.9. The molecule has 2 heterocycles. The van der Waals surface area contributed by atoms with Gasteiger partial charge in [0.05, 0.1) is 17.2 Å². The Hall–Kier alpha value is -4.38. The molecule has 2 aromatic heterocycles. The minimum absolute atomic E-state index is 0.0426. The summed E-state index contributed by atoms with van der Waals surface area (Å²) in [7, 11) is 0. The fraction of sp³-hybridized carbons (Fsp3) is 0.241. The first kappa shape index (κ1) is 28.6. The molecule has 40 heavy (non-hydrogen) atoms. The third kappa shape index (κ3) is 6.78. The Morgan fingerprint density at radius 3 is 2.50 bits per heavy atom. The average Bonchev–Trinajstić information content (AvgIpc) is 3.54. The molecular weight excluding hydrogens is 580 g/mol. The van der Waals surface area contributed by atoms with Crippen LogP contribution in [0.4, 0.5) is 5.69 Å². The Balaban J connectivity index is 1.38. The minimum atomic E-state index is -0.585. The molecule has 0 fully saturated rings. The number of hydrazone groups is 1. The summed E-state index contributed by atoms with van der Waals surface area (Å²) in [6, 6.07) is 18.0. The van der Waals surface area contributed by atoms with Gasteiger partial charge in [-0.3, -0.25) is 14.9 Å². The van der Waals surface area contributed by atoms with Crippen LogP contribution >= 0.6 is 15.9 Å². The van der Waals surface area contributed by atoms with Crippen LogP contribution < -0.4 is 14.9 Å². The van der Waals surface area contributed by atoms with Crippen molar-refractivity contribution < 1.29 is 23.6 Å². The number of benzene rings is 2. The van der Waals surface area contributed by atoms with Crippen LogP contribution in [-0.2, 0) is 6.61 Å². The maximum absolute atomic E-state index is 12.6. The quantitative estimate of drug-likeness (QED) is 0.112. The Morgan fingerprint density at radius 2 is 1.85 bits per heavy atom. The number of hydrogen-bond acceptors (Lipinski definition) is 7. The molecular formula is C29H29BrN4O6. The summed E-state index contributed by atoms with van der Waals surface area (Å²) in [6.07, 6.45) is 1.70. The molecule has 1 amide bonds. The summed E-state index contributed by atoms with van der Waals surface area (Å²) >= 11 is 3.27. The topological polar surface area (TPSA) is 121 Å². The molecule has 0 radical (unpaired) electrons. The molecule has 2 aromatic carbocycles. The van der Waals surface area contributed by atoms with E-state index in [2.05, 4.69) is 57.0 Å². The first-order valence-corrected chi connectivity index (χ1v) is 13.4. The molecule has 4 rings (SSSR count). The number of aryl methyl sites for hydroxylation is 2. The van der Waals surface area contributed by atoms with Crippen LogP contribution in [0.2, 0.25) is 0 Å². The van der Waals surface area contributed by atoms with Gasteiger partial charge in [-0.15, -0.1) is 0 Å². The molecule has 1 atom stereocenters. The third-order valence-electron chi connectivity index (χ3n) is 6.16. The van der Waals surface area contributed by atoms with E-state index in [9.17, 15) is 14.9 Å². The second kappa shape index (κ2) is 12.6. The molecule has 4 aromatic rings. The predicted octanol–water partition coefficient (Wildman–Crippen LogP) is 6.88. The van der Waals surface area contributed by atoms with E-state index >= 15 is 0 Å². The zero-order chi connectivity index (χ0) is 28.8. The molecule has 0 saturated carbocycles. The largest absolute Gasteiger partial charge is 0.486 e. The van der Waals surface area contributed by atoms with Crippen molar-refractivity contribution in [3.63, 3.8) is 0 Å². The number of halogens is 1. The van der Waals surface area contributed by atoms with E-state index in [1.165, 1.54) is 18.3 Å². The van der Waals surface area contributed by atoms with Gasteiger partial charge in [-0.1, -0.05) is 22.9 Å². The van der Waals surface area contributed by atoms with Gasteiger partial charge in [0.25, 0.3) is 0 Å². The van der Waals surface area contributed by atoms with Gasteiger partial charge in [0, 0.05) is 33.2 Å². The SMILES string of the molecule is CC[C@@H](C)Oc1c(/C=N/NC(=O)c2ccc(COc3ccc(-n4c(C)ccc4C)cc3)o2)cc(Br)cc1[N+](=O)[O-]. The maximum Gasteiger partial charge on any atom is 0.312 e. The number of nitro benzene ring substituents is 1. The number of carbonyl (C=O) groups excluding carboxylic acids is 1. The molecule has 0 unspecified atom stereocenters. The van der Waals surface area contributed by atoms with Gasteiger partial charge in [0.2, 0.25) is 5.75 Å². The summed E-state index contributed by atoms with van der Waals surface area (Å²) in [5, 5.41) is 15.5. The van der Waals surface area contributed by atoms with Gasteiger partial charge in [-0.25, -0.2) is 5.43 Å². The number of nitro groups is 1. The number of aromatic nitrogens is 1. The first-order valence-electron chi connectivity index (χ1n) is 12.6. The van der Waals surface area contributed by atoms with Crippen LogP contribution in [0, 0.1) is 24.0 Å². The molecule has 11 heteroatoms.